The highest BCUT2D eigenvalue weighted by Crippen LogP contribution is 2.15. The molecule has 1 aromatic carbocycles. The van der Waals surface area contributed by atoms with Gasteiger partial charge in [0, 0.05) is 11.8 Å². The average molecular weight is 310 g/mol. The maximum atomic E-state index is 12.7. The summed E-state index contributed by atoms with van der Waals surface area (Å²) in [5.74, 6) is -0.0887. The van der Waals surface area contributed by atoms with E-state index >= 15 is 0 Å². The number of halogens is 2. The quantitative estimate of drug-likeness (QED) is 0.875. The summed E-state index contributed by atoms with van der Waals surface area (Å²) in [6.07, 6.45) is 2.89. The first kappa shape index (κ1) is 12.6. The van der Waals surface area contributed by atoms with E-state index in [1.165, 1.54) is 30.3 Å². The SMILES string of the molecule is O=C(C=Cc1ccc(Br)o1)Nc1ccc(F)cc1. The van der Waals surface area contributed by atoms with Gasteiger partial charge in [0.25, 0.3) is 0 Å². The highest BCUT2D eigenvalue weighted by Gasteiger charge is 1.99. The van der Waals surface area contributed by atoms with Gasteiger partial charge in [-0.15, -0.1) is 0 Å². The zero-order valence-electron chi connectivity index (χ0n) is 9.19. The summed E-state index contributed by atoms with van der Waals surface area (Å²) < 4.78 is 18.5. The van der Waals surface area contributed by atoms with Crippen LogP contribution >= 0.6 is 15.9 Å². The number of anilines is 1. The van der Waals surface area contributed by atoms with Crippen molar-refractivity contribution in [1.82, 2.24) is 0 Å². The van der Waals surface area contributed by atoms with Gasteiger partial charge in [-0.25, -0.2) is 4.39 Å². The summed E-state index contributed by atoms with van der Waals surface area (Å²) in [7, 11) is 0. The van der Waals surface area contributed by atoms with Crippen LogP contribution in [-0.4, -0.2) is 5.91 Å². The van der Waals surface area contributed by atoms with Crippen molar-refractivity contribution in [2.45, 2.75) is 0 Å². The second kappa shape index (κ2) is 5.64. The fourth-order valence-electron chi connectivity index (χ4n) is 1.29. The smallest absolute Gasteiger partial charge is 0.248 e. The van der Waals surface area contributed by atoms with Crippen LogP contribution in [0.1, 0.15) is 5.76 Å². The first-order valence-electron chi connectivity index (χ1n) is 5.13. The van der Waals surface area contributed by atoms with E-state index in [4.69, 9.17) is 4.42 Å². The third-order valence-electron chi connectivity index (χ3n) is 2.10. The largest absolute Gasteiger partial charge is 0.450 e. The van der Waals surface area contributed by atoms with Crippen LogP contribution in [0.3, 0.4) is 0 Å². The molecule has 0 fully saturated rings. The van der Waals surface area contributed by atoms with Crippen molar-refractivity contribution >= 4 is 33.6 Å². The van der Waals surface area contributed by atoms with Crippen LogP contribution < -0.4 is 5.32 Å². The molecule has 0 saturated heterocycles. The summed E-state index contributed by atoms with van der Waals surface area (Å²) in [6.45, 7) is 0. The number of nitrogens with one attached hydrogen (secondary N) is 1. The van der Waals surface area contributed by atoms with Crippen molar-refractivity contribution in [3.05, 3.63) is 58.7 Å². The molecule has 5 heteroatoms. The van der Waals surface area contributed by atoms with E-state index < -0.39 is 0 Å². The van der Waals surface area contributed by atoms with Crippen molar-refractivity contribution < 1.29 is 13.6 Å². The number of carbonyl (C=O) groups excluding carboxylic acids is 1. The molecule has 0 aliphatic rings. The molecule has 3 nitrogen and oxygen atoms in total. The van der Waals surface area contributed by atoms with E-state index in [0.717, 1.165) is 0 Å². The molecule has 0 saturated carbocycles. The van der Waals surface area contributed by atoms with Crippen LogP contribution in [-0.2, 0) is 4.79 Å². The van der Waals surface area contributed by atoms with Crippen LogP contribution in [0.25, 0.3) is 6.08 Å². The Bertz CT molecular complexity index is 575. The van der Waals surface area contributed by atoms with Gasteiger partial charge in [0.05, 0.1) is 0 Å². The lowest BCUT2D eigenvalue weighted by Crippen LogP contribution is -2.07. The van der Waals surface area contributed by atoms with Crippen molar-refractivity contribution in [2.75, 3.05) is 5.32 Å². The van der Waals surface area contributed by atoms with Crippen LogP contribution in [0, 0.1) is 5.82 Å². The lowest BCUT2D eigenvalue weighted by Gasteiger charge is -2.00. The molecule has 0 aliphatic heterocycles. The zero-order chi connectivity index (χ0) is 13.0. The second-order valence-corrected chi connectivity index (χ2v) is 4.25. The monoisotopic (exact) mass is 309 g/mol. The highest BCUT2D eigenvalue weighted by atomic mass is 79.9. The van der Waals surface area contributed by atoms with Crippen LogP contribution in [0.15, 0.2) is 51.6 Å². The Hall–Kier alpha value is -1.88. The molecule has 1 N–H and O–H groups in total. The standard InChI is InChI=1S/C13H9BrFNO2/c14-12-7-5-11(18-12)6-8-13(17)16-10-3-1-9(15)2-4-10/h1-8H,(H,16,17). The number of carbonyl (C=O) groups is 1. The fraction of sp³-hybridized carbons (Fsp3) is 0. The Morgan fingerprint density at radius 3 is 2.56 bits per heavy atom. The molecular weight excluding hydrogens is 301 g/mol. The summed E-state index contributed by atoms with van der Waals surface area (Å²) >= 11 is 3.16. The van der Waals surface area contributed by atoms with Crippen molar-refractivity contribution in [1.29, 1.82) is 0 Å². The number of furan rings is 1. The highest BCUT2D eigenvalue weighted by molar-refractivity contribution is 9.10. The predicted octanol–water partition coefficient (Wildman–Crippen LogP) is 3.83. The predicted molar refractivity (Wildman–Crippen MR) is 70.5 cm³/mol. The maximum Gasteiger partial charge on any atom is 0.248 e. The molecule has 0 spiro atoms. The van der Waals surface area contributed by atoms with Gasteiger partial charge in [0.2, 0.25) is 5.91 Å². The van der Waals surface area contributed by atoms with Crippen LogP contribution in [0.2, 0.25) is 0 Å². The van der Waals surface area contributed by atoms with Crippen LogP contribution in [0.5, 0.6) is 0 Å². The molecule has 0 bridgehead atoms. The van der Waals surface area contributed by atoms with Gasteiger partial charge in [-0.1, -0.05) is 0 Å². The molecule has 1 heterocycles. The first-order chi connectivity index (χ1) is 8.63. The molecule has 18 heavy (non-hydrogen) atoms. The van der Waals surface area contributed by atoms with Crippen molar-refractivity contribution in [3.63, 3.8) is 0 Å². The van der Waals surface area contributed by atoms with E-state index in [9.17, 15) is 9.18 Å². The minimum atomic E-state index is -0.344. The van der Waals surface area contributed by atoms with E-state index in [2.05, 4.69) is 21.2 Å². The Morgan fingerprint density at radius 2 is 1.94 bits per heavy atom. The minimum Gasteiger partial charge on any atom is -0.450 e. The molecule has 0 unspecified atom stereocenters. The summed E-state index contributed by atoms with van der Waals surface area (Å²) in [5.41, 5.74) is 0.534. The zero-order valence-corrected chi connectivity index (χ0v) is 10.8. The fourth-order valence-corrected chi connectivity index (χ4v) is 1.61. The summed E-state index contributed by atoms with van der Waals surface area (Å²) in [4.78, 5) is 11.5. The molecule has 0 aliphatic carbocycles. The van der Waals surface area contributed by atoms with Crippen LogP contribution in [0.4, 0.5) is 10.1 Å². The lowest BCUT2D eigenvalue weighted by atomic mass is 10.3. The molecule has 2 rings (SSSR count). The number of rotatable bonds is 3. The van der Waals surface area contributed by atoms with Gasteiger partial charge in [-0.05, 0) is 58.4 Å². The molecule has 1 aromatic heterocycles. The first-order valence-corrected chi connectivity index (χ1v) is 5.93. The normalized spacial score (nSPS) is 10.8. The lowest BCUT2D eigenvalue weighted by molar-refractivity contribution is -0.111. The van der Waals surface area contributed by atoms with E-state index in [1.54, 1.807) is 18.2 Å². The summed E-state index contributed by atoms with van der Waals surface area (Å²) in [6, 6.07) is 9.00. The minimum absolute atomic E-state index is 0.311. The van der Waals surface area contributed by atoms with Gasteiger partial charge in [-0.3, -0.25) is 4.79 Å². The number of hydrogen-bond acceptors (Lipinski definition) is 2. The van der Waals surface area contributed by atoms with Gasteiger partial charge in [0.15, 0.2) is 4.67 Å². The number of amides is 1. The Kier molecular flexibility index (Phi) is 3.94. The molecular formula is C13H9BrFNO2. The van der Waals surface area contributed by atoms with Gasteiger partial charge in [0.1, 0.15) is 11.6 Å². The average Bonchev–Trinajstić information content (AvgIpc) is 2.76. The van der Waals surface area contributed by atoms with Crippen molar-refractivity contribution in [2.24, 2.45) is 0 Å². The molecule has 2 aromatic rings. The molecule has 1 amide bonds. The Labute approximate surface area is 111 Å². The van der Waals surface area contributed by atoms with Gasteiger partial charge >= 0.3 is 0 Å². The topological polar surface area (TPSA) is 42.2 Å². The second-order valence-electron chi connectivity index (χ2n) is 3.47. The number of benzene rings is 1. The summed E-state index contributed by atoms with van der Waals surface area (Å²) in [5, 5.41) is 2.60. The third kappa shape index (κ3) is 3.56. The number of hydrogen-bond donors (Lipinski definition) is 1. The van der Waals surface area contributed by atoms with Gasteiger partial charge in [-0.2, -0.15) is 0 Å². The molecule has 92 valence electrons. The molecule has 0 atom stereocenters. The van der Waals surface area contributed by atoms with E-state index in [0.29, 0.717) is 16.1 Å². The third-order valence-corrected chi connectivity index (χ3v) is 2.53. The Balaban J connectivity index is 1.96. The van der Waals surface area contributed by atoms with Gasteiger partial charge < -0.3 is 9.73 Å². The van der Waals surface area contributed by atoms with E-state index in [-0.39, 0.29) is 11.7 Å². The maximum absolute atomic E-state index is 12.7. The Morgan fingerprint density at radius 1 is 1.22 bits per heavy atom. The van der Waals surface area contributed by atoms with E-state index in [1.807, 2.05) is 0 Å². The van der Waals surface area contributed by atoms with Crippen molar-refractivity contribution in [3.8, 4) is 0 Å². The molecule has 0 radical (unpaired) electrons.